The van der Waals surface area contributed by atoms with Gasteiger partial charge in [0, 0.05) is 22.6 Å². The Morgan fingerprint density at radius 3 is 2.34 bits per heavy atom. The maximum absolute atomic E-state index is 12.2. The molecule has 5 rings (SSSR count). The smallest absolute Gasteiger partial charge is 0.337 e. The number of nitriles is 1. The lowest BCUT2D eigenvalue weighted by Crippen LogP contribution is -2.26. The van der Waals surface area contributed by atoms with E-state index in [0.717, 1.165) is 23.1 Å². The molecular formula is C30H25N3O5. The molecular weight excluding hydrogens is 482 g/mol. The van der Waals surface area contributed by atoms with Crippen LogP contribution in [0.2, 0.25) is 0 Å². The summed E-state index contributed by atoms with van der Waals surface area (Å²) in [5.41, 5.74) is 5.66. The van der Waals surface area contributed by atoms with E-state index in [0.29, 0.717) is 40.3 Å². The zero-order valence-electron chi connectivity index (χ0n) is 21.2. The summed E-state index contributed by atoms with van der Waals surface area (Å²) in [6.07, 6.45) is 3.14. The summed E-state index contributed by atoms with van der Waals surface area (Å²) in [6.45, 7) is 1.92. The molecule has 0 unspecified atom stereocenters. The first-order valence-corrected chi connectivity index (χ1v) is 12.2. The first-order valence-electron chi connectivity index (χ1n) is 12.2. The summed E-state index contributed by atoms with van der Waals surface area (Å²) in [5, 5.41) is 20.2. The molecule has 0 amide bonds. The summed E-state index contributed by atoms with van der Waals surface area (Å²) in [7, 11) is 2.67. The summed E-state index contributed by atoms with van der Waals surface area (Å²) in [4.78, 5) is 34.1. The van der Waals surface area contributed by atoms with Crippen molar-refractivity contribution in [1.82, 2.24) is 9.97 Å². The Kier molecular flexibility index (Phi) is 6.52. The van der Waals surface area contributed by atoms with Crippen LogP contribution in [-0.2, 0) is 15.9 Å². The topological polar surface area (TPSA) is 122 Å². The van der Waals surface area contributed by atoms with Crippen LogP contribution in [0.15, 0.2) is 65.9 Å². The Balaban J connectivity index is 1.74. The number of aliphatic hydroxyl groups is 1. The van der Waals surface area contributed by atoms with Gasteiger partial charge >= 0.3 is 11.9 Å². The van der Waals surface area contributed by atoms with E-state index in [1.807, 2.05) is 13.0 Å². The third kappa shape index (κ3) is 4.22. The van der Waals surface area contributed by atoms with E-state index >= 15 is 0 Å². The number of carbonyl (C=O) groups excluding carboxylic acids is 2. The Labute approximate surface area is 219 Å². The predicted molar refractivity (Wildman–Crippen MR) is 140 cm³/mol. The van der Waals surface area contributed by atoms with E-state index in [4.69, 9.17) is 19.4 Å². The van der Waals surface area contributed by atoms with Crippen LogP contribution in [0, 0.1) is 23.2 Å². The molecule has 0 radical (unpaired) electrons. The highest BCUT2D eigenvalue weighted by atomic mass is 16.5. The average Bonchev–Trinajstić information content (AvgIpc) is 2.97. The van der Waals surface area contributed by atoms with Crippen molar-refractivity contribution >= 4 is 17.5 Å². The van der Waals surface area contributed by atoms with E-state index in [9.17, 15) is 20.0 Å². The number of nitrogens with zero attached hydrogens (tertiary/aromatic N) is 3. The van der Waals surface area contributed by atoms with Gasteiger partial charge in [0.05, 0.1) is 42.3 Å². The minimum absolute atomic E-state index is 0.00157. The number of allylic oxidation sites excluding steroid dienone is 4. The quantitative estimate of drug-likeness (QED) is 0.471. The van der Waals surface area contributed by atoms with Gasteiger partial charge in [0.1, 0.15) is 11.8 Å². The number of aromatic nitrogens is 2. The molecule has 0 fully saturated rings. The van der Waals surface area contributed by atoms with Gasteiger partial charge in [0.25, 0.3) is 0 Å². The lowest BCUT2D eigenvalue weighted by molar-refractivity contribution is 0.0592. The number of benzene rings is 2. The van der Waals surface area contributed by atoms with Crippen molar-refractivity contribution < 1.29 is 24.2 Å². The molecule has 8 heteroatoms. The van der Waals surface area contributed by atoms with Gasteiger partial charge in [-0.2, -0.15) is 5.26 Å². The number of fused-ring (bicyclic) bond motifs is 3. The van der Waals surface area contributed by atoms with Gasteiger partial charge in [-0.15, -0.1) is 0 Å². The second-order valence-electron chi connectivity index (χ2n) is 9.31. The van der Waals surface area contributed by atoms with Gasteiger partial charge in [0.2, 0.25) is 0 Å². The van der Waals surface area contributed by atoms with Crippen LogP contribution in [0.1, 0.15) is 45.3 Å². The summed E-state index contributed by atoms with van der Waals surface area (Å²) >= 11 is 0. The molecule has 0 spiro atoms. The Hall–Kier alpha value is -4.77. The van der Waals surface area contributed by atoms with Gasteiger partial charge in [-0.3, -0.25) is 0 Å². The number of hydrogen-bond donors (Lipinski definition) is 1. The molecule has 2 aromatic carbocycles. The highest BCUT2D eigenvalue weighted by Crippen LogP contribution is 2.47. The van der Waals surface area contributed by atoms with Gasteiger partial charge < -0.3 is 14.6 Å². The molecule has 8 nitrogen and oxygen atoms in total. The largest absolute Gasteiger partial charge is 0.511 e. The van der Waals surface area contributed by atoms with Crippen molar-refractivity contribution in [2.45, 2.75) is 19.8 Å². The minimum atomic E-state index is -0.448. The third-order valence-electron chi connectivity index (χ3n) is 7.24. The molecule has 2 aliphatic carbocycles. The third-order valence-corrected chi connectivity index (χ3v) is 7.24. The number of methoxy groups -OCH3 is 2. The number of carbonyl (C=O) groups is 2. The summed E-state index contributed by atoms with van der Waals surface area (Å²) in [5.74, 6) is -0.576. The first kappa shape index (κ1) is 24.9. The first-order chi connectivity index (χ1) is 18.4. The van der Waals surface area contributed by atoms with Crippen LogP contribution in [0.5, 0.6) is 0 Å². The summed E-state index contributed by atoms with van der Waals surface area (Å²) < 4.78 is 9.72. The second-order valence-corrected chi connectivity index (χ2v) is 9.31. The molecule has 0 aliphatic heterocycles. The average molecular weight is 508 g/mol. The van der Waals surface area contributed by atoms with Crippen molar-refractivity contribution in [3.8, 4) is 28.7 Å². The fraction of sp³-hybridized carbons (Fsp3) is 0.233. The molecule has 3 aromatic rings. The molecule has 38 heavy (non-hydrogen) atoms. The predicted octanol–water partition coefficient (Wildman–Crippen LogP) is 5.31. The number of hydrogen-bond acceptors (Lipinski definition) is 8. The Bertz CT molecular complexity index is 1560. The monoisotopic (exact) mass is 507 g/mol. The number of esters is 2. The highest BCUT2D eigenvalue weighted by molar-refractivity contribution is 5.92. The van der Waals surface area contributed by atoms with Crippen molar-refractivity contribution in [2.75, 3.05) is 14.2 Å². The van der Waals surface area contributed by atoms with E-state index in [1.165, 1.54) is 14.2 Å². The van der Waals surface area contributed by atoms with Crippen molar-refractivity contribution in [3.63, 3.8) is 0 Å². The van der Waals surface area contributed by atoms with Gasteiger partial charge in [-0.1, -0.05) is 31.2 Å². The van der Waals surface area contributed by atoms with Gasteiger partial charge in [-0.25, -0.2) is 19.6 Å². The normalized spacial score (nSPS) is 18.0. The van der Waals surface area contributed by atoms with E-state index in [2.05, 4.69) is 6.07 Å². The zero-order valence-corrected chi connectivity index (χ0v) is 21.2. The lowest BCUT2D eigenvalue weighted by Gasteiger charge is -2.35. The van der Waals surface area contributed by atoms with Crippen LogP contribution < -0.4 is 0 Å². The molecule has 0 bridgehead atoms. The van der Waals surface area contributed by atoms with E-state index in [1.54, 1.807) is 48.5 Å². The zero-order chi connectivity index (χ0) is 27.0. The SMILES string of the molecule is COC(=O)c1ccc(-c2nc3c(c(-c4cccc(C(=O)OC)c4)n2)CC[C@@H]2C3=CC(C#N)=C(O)[C@H]2C)cc1. The van der Waals surface area contributed by atoms with Crippen LogP contribution >= 0.6 is 0 Å². The van der Waals surface area contributed by atoms with Gasteiger partial charge in [-0.05, 0) is 54.7 Å². The number of aliphatic hydroxyl groups excluding tert-OH is 1. The fourth-order valence-electron chi connectivity index (χ4n) is 5.19. The maximum atomic E-state index is 12.2. The van der Waals surface area contributed by atoms with Gasteiger partial charge in [0.15, 0.2) is 5.82 Å². The van der Waals surface area contributed by atoms with Crippen LogP contribution in [-0.4, -0.2) is 41.2 Å². The van der Waals surface area contributed by atoms with Crippen molar-refractivity contribution in [1.29, 1.82) is 5.26 Å². The standard InChI is InChI=1S/C30H25N3O5/c1-16-22-11-12-23-25(19-5-4-6-20(13-19)30(36)38-3)32-28(17-7-9-18(10-8-17)29(35)37-2)33-26(23)24(22)14-21(15-31)27(16)34/h4-10,13-14,16,22,34H,11-12H2,1-3H3/t16-,22-/m0/s1. The number of rotatable bonds is 4. The molecule has 0 saturated heterocycles. The maximum Gasteiger partial charge on any atom is 0.337 e. The Morgan fingerprint density at radius 1 is 0.974 bits per heavy atom. The Morgan fingerprint density at radius 2 is 1.66 bits per heavy atom. The van der Waals surface area contributed by atoms with Crippen molar-refractivity contribution in [3.05, 3.63) is 88.3 Å². The minimum Gasteiger partial charge on any atom is -0.511 e. The molecule has 1 aromatic heterocycles. The molecule has 1 N–H and O–H groups in total. The molecule has 0 saturated carbocycles. The van der Waals surface area contributed by atoms with E-state index in [-0.39, 0.29) is 23.2 Å². The number of ether oxygens (including phenoxy) is 2. The molecule has 190 valence electrons. The molecule has 2 aliphatic rings. The molecule has 1 heterocycles. The molecule has 2 atom stereocenters. The van der Waals surface area contributed by atoms with Crippen molar-refractivity contribution in [2.24, 2.45) is 11.8 Å². The lowest BCUT2D eigenvalue weighted by atomic mass is 9.71. The van der Waals surface area contributed by atoms with E-state index < -0.39 is 11.9 Å². The highest BCUT2D eigenvalue weighted by Gasteiger charge is 2.37. The summed E-state index contributed by atoms with van der Waals surface area (Å²) in [6, 6.07) is 16.0. The second kappa shape index (κ2) is 9.94. The fourth-order valence-corrected chi connectivity index (χ4v) is 5.19. The van der Waals surface area contributed by atoms with Crippen LogP contribution in [0.25, 0.3) is 28.2 Å². The van der Waals surface area contributed by atoms with Crippen LogP contribution in [0.4, 0.5) is 0 Å². The van der Waals surface area contributed by atoms with Crippen LogP contribution in [0.3, 0.4) is 0 Å².